The molecule has 3 aliphatic carbocycles. The number of nitrogens with one attached hydrogen (secondary N) is 2. The Labute approximate surface area is 217 Å². The lowest BCUT2D eigenvalue weighted by atomic mass is 9.49. The standard InChI is InChI=1S/C25H30N4O9/c1-8-9-5-6-10(28-11(30)7-27-2)18(31)13(9)19(32)14-12(8)20(33)16-17(29(3)4)21(34)15(24(26)37)23(36)25(16,38)22(14)35/h5-6,8,12,14-17,20,27,31,33,38H,7H2,1-4H3,(H2,26,37)(H,28,30)/t8?,12?,14?,15?,16?,17-,20?,25-/m0/s1. The van der Waals surface area contributed by atoms with Gasteiger partial charge < -0.3 is 31.7 Å². The highest BCUT2D eigenvalue weighted by molar-refractivity contribution is 6.32. The van der Waals surface area contributed by atoms with Crippen LogP contribution in [0, 0.1) is 23.7 Å². The number of nitrogens with zero attached hydrogens (tertiary/aromatic N) is 1. The van der Waals surface area contributed by atoms with Crippen LogP contribution < -0.4 is 16.4 Å². The van der Waals surface area contributed by atoms with Crippen LogP contribution in [0.4, 0.5) is 5.69 Å². The molecule has 6 unspecified atom stereocenters. The first-order valence-corrected chi connectivity index (χ1v) is 12.0. The minimum Gasteiger partial charge on any atom is -0.505 e. The fourth-order valence-electron chi connectivity index (χ4n) is 6.45. The average Bonchev–Trinajstić information content (AvgIpc) is 2.82. The molecule has 0 aliphatic heterocycles. The van der Waals surface area contributed by atoms with E-state index in [1.807, 2.05) is 0 Å². The molecule has 1 aromatic rings. The quantitative estimate of drug-likeness (QED) is 0.174. The minimum absolute atomic E-state index is 0.0838. The number of rotatable bonds is 5. The highest BCUT2D eigenvalue weighted by Crippen LogP contribution is 2.55. The molecule has 13 heteroatoms. The van der Waals surface area contributed by atoms with Gasteiger partial charge >= 0.3 is 0 Å². The Morgan fingerprint density at radius 2 is 1.76 bits per heavy atom. The number of hydrogen-bond acceptors (Lipinski definition) is 11. The van der Waals surface area contributed by atoms with Crippen LogP contribution in [0.5, 0.6) is 5.75 Å². The largest absolute Gasteiger partial charge is 0.505 e. The van der Waals surface area contributed by atoms with Crippen molar-refractivity contribution in [2.45, 2.75) is 30.6 Å². The van der Waals surface area contributed by atoms with Gasteiger partial charge in [0.1, 0.15) is 5.75 Å². The number of likely N-dealkylation sites (N-methyl/N-ethyl adjacent to an activating group) is 2. The number of ketones is 4. The van der Waals surface area contributed by atoms with Gasteiger partial charge in [0.15, 0.2) is 34.7 Å². The van der Waals surface area contributed by atoms with Crippen molar-refractivity contribution in [2.24, 2.45) is 29.4 Å². The third kappa shape index (κ3) is 3.61. The number of amides is 2. The molecule has 1 aromatic carbocycles. The SMILES string of the molecule is CNCC(=O)Nc1ccc2c(c1O)C(=O)C1C(=O)[C@]3(O)C(=O)C(C(N)=O)C(=O)[C@@H](N(C)C)C3C(O)C1C2C. The van der Waals surface area contributed by atoms with E-state index in [2.05, 4.69) is 10.6 Å². The average molecular weight is 531 g/mol. The normalized spacial score (nSPS) is 34.4. The summed E-state index contributed by atoms with van der Waals surface area (Å²) in [4.78, 5) is 79.5. The number of carbonyl (C=O) groups excluding carboxylic acids is 6. The molecule has 0 bridgehead atoms. The van der Waals surface area contributed by atoms with Gasteiger partial charge in [-0.15, -0.1) is 0 Å². The van der Waals surface area contributed by atoms with Crippen molar-refractivity contribution in [3.8, 4) is 5.75 Å². The molecule has 4 rings (SSSR count). The lowest BCUT2D eigenvalue weighted by Gasteiger charge is -2.56. The number of aliphatic hydroxyl groups is 2. The molecule has 38 heavy (non-hydrogen) atoms. The molecular formula is C25H30N4O9. The van der Waals surface area contributed by atoms with E-state index in [1.54, 1.807) is 14.0 Å². The monoisotopic (exact) mass is 530 g/mol. The van der Waals surface area contributed by atoms with Crippen LogP contribution in [0.1, 0.15) is 28.8 Å². The summed E-state index contributed by atoms with van der Waals surface area (Å²) in [6.45, 7) is 1.52. The summed E-state index contributed by atoms with van der Waals surface area (Å²) in [7, 11) is 4.39. The highest BCUT2D eigenvalue weighted by atomic mass is 16.3. The molecule has 204 valence electrons. The number of phenolic OH excluding ortho intramolecular Hbond substituents is 1. The zero-order valence-electron chi connectivity index (χ0n) is 21.2. The van der Waals surface area contributed by atoms with E-state index in [1.165, 1.54) is 31.1 Å². The number of aromatic hydroxyl groups is 1. The van der Waals surface area contributed by atoms with Gasteiger partial charge in [-0.2, -0.15) is 0 Å². The fourth-order valence-corrected chi connectivity index (χ4v) is 6.45. The van der Waals surface area contributed by atoms with Crippen LogP contribution in [0.2, 0.25) is 0 Å². The summed E-state index contributed by atoms with van der Waals surface area (Å²) >= 11 is 0. The van der Waals surface area contributed by atoms with Crippen LogP contribution in [-0.4, -0.2) is 101 Å². The van der Waals surface area contributed by atoms with E-state index in [-0.39, 0.29) is 23.4 Å². The number of aliphatic hydroxyl groups excluding tert-OH is 1. The van der Waals surface area contributed by atoms with E-state index in [0.717, 1.165) is 0 Å². The van der Waals surface area contributed by atoms with E-state index in [9.17, 15) is 44.1 Å². The Hall–Kier alpha value is -3.52. The predicted octanol–water partition coefficient (Wildman–Crippen LogP) is -2.44. The first-order chi connectivity index (χ1) is 17.7. The van der Waals surface area contributed by atoms with E-state index in [0.29, 0.717) is 0 Å². The molecule has 0 spiro atoms. The minimum atomic E-state index is -3.07. The summed E-state index contributed by atoms with van der Waals surface area (Å²) in [6, 6.07) is 1.43. The van der Waals surface area contributed by atoms with E-state index >= 15 is 0 Å². The van der Waals surface area contributed by atoms with Gasteiger partial charge in [-0.25, -0.2) is 0 Å². The molecule has 13 nitrogen and oxygen atoms in total. The second kappa shape index (κ2) is 9.34. The lowest BCUT2D eigenvalue weighted by molar-refractivity contribution is -0.196. The van der Waals surface area contributed by atoms with Crippen molar-refractivity contribution in [3.05, 3.63) is 23.3 Å². The summed E-state index contributed by atoms with van der Waals surface area (Å²) in [5.74, 6) is -14.7. The number of carbonyl (C=O) groups is 6. The number of benzene rings is 1. The van der Waals surface area contributed by atoms with Gasteiger partial charge in [0.05, 0.1) is 41.8 Å². The van der Waals surface area contributed by atoms with E-state index in [4.69, 9.17) is 5.73 Å². The molecule has 0 aromatic heterocycles. The second-order valence-corrected chi connectivity index (χ2v) is 10.4. The molecule has 2 saturated carbocycles. The molecule has 0 radical (unpaired) electrons. The number of Topliss-reactive ketones (excluding diaryl/α,β-unsaturated/α-hetero) is 4. The Bertz CT molecular complexity index is 1280. The number of nitrogens with two attached hydrogens (primary N) is 1. The first-order valence-electron chi connectivity index (χ1n) is 12.0. The van der Waals surface area contributed by atoms with Gasteiger partial charge in [0, 0.05) is 5.92 Å². The van der Waals surface area contributed by atoms with Crippen LogP contribution >= 0.6 is 0 Å². The van der Waals surface area contributed by atoms with Gasteiger partial charge in [0.2, 0.25) is 11.8 Å². The van der Waals surface area contributed by atoms with Gasteiger partial charge in [0.25, 0.3) is 0 Å². The predicted molar refractivity (Wildman–Crippen MR) is 130 cm³/mol. The number of primary amides is 1. The van der Waals surface area contributed by atoms with Gasteiger partial charge in [-0.05, 0) is 38.7 Å². The zero-order valence-corrected chi connectivity index (χ0v) is 21.2. The maximum absolute atomic E-state index is 13.9. The number of fused-ring (bicyclic) bond motifs is 3. The van der Waals surface area contributed by atoms with Crippen molar-refractivity contribution in [1.82, 2.24) is 10.2 Å². The van der Waals surface area contributed by atoms with Crippen molar-refractivity contribution in [3.63, 3.8) is 0 Å². The smallest absolute Gasteiger partial charge is 0.238 e. The molecule has 2 fully saturated rings. The zero-order chi connectivity index (χ0) is 28.4. The van der Waals surface area contributed by atoms with E-state index < -0.39 is 88.0 Å². The molecular weight excluding hydrogens is 500 g/mol. The fraction of sp³-hybridized carbons (Fsp3) is 0.520. The summed E-state index contributed by atoms with van der Waals surface area (Å²) in [5, 5.41) is 39.2. The summed E-state index contributed by atoms with van der Waals surface area (Å²) < 4.78 is 0. The number of hydrogen-bond donors (Lipinski definition) is 6. The van der Waals surface area contributed by atoms with Crippen LogP contribution in [-0.2, 0) is 24.0 Å². The molecule has 2 amide bonds. The Kier molecular flexibility index (Phi) is 6.77. The topological polar surface area (TPSA) is 216 Å². The first kappa shape index (κ1) is 27.5. The third-order valence-corrected chi connectivity index (χ3v) is 8.10. The Morgan fingerprint density at radius 1 is 1.13 bits per heavy atom. The Morgan fingerprint density at radius 3 is 2.32 bits per heavy atom. The molecule has 3 aliphatic rings. The number of phenols is 1. The van der Waals surface area contributed by atoms with Crippen LogP contribution in [0.25, 0.3) is 0 Å². The Balaban J connectivity index is 1.89. The van der Waals surface area contributed by atoms with Crippen molar-refractivity contribution in [2.75, 3.05) is 33.0 Å². The van der Waals surface area contributed by atoms with Crippen molar-refractivity contribution < 1.29 is 44.1 Å². The number of anilines is 1. The molecule has 0 saturated heterocycles. The lowest BCUT2D eigenvalue weighted by Crippen LogP contribution is -2.77. The van der Waals surface area contributed by atoms with Gasteiger partial charge in [-0.1, -0.05) is 13.0 Å². The second-order valence-electron chi connectivity index (χ2n) is 10.4. The highest BCUT2D eigenvalue weighted by Gasteiger charge is 2.72. The van der Waals surface area contributed by atoms with Crippen molar-refractivity contribution >= 4 is 40.6 Å². The molecule has 7 N–H and O–H groups in total. The van der Waals surface area contributed by atoms with Crippen LogP contribution in [0.3, 0.4) is 0 Å². The summed E-state index contributed by atoms with van der Waals surface area (Å²) in [5.41, 5.74) is 2.12. The third-order valence-electron chi connectivity index (χ3n) is 8.10. The maximum atomic E-state index is 13.9. The van der Waals surface area contributed by atoms with Crippen molar-refractivity contribution in [1.29, 1.82) is 0 Å². The molecule has 8 atom stereocenters. The van der Waals surface area contributed by atoms with Gasteiger partial charge in [-0.3, -0.25) is 33.7 Å². The van der Waals surface area contributed by atoms with Crippen LogP contribution in [0.15, 0.2) is 12.1 Å². The molecule has 0 heterocycles. The summed E-state index contributed by atoms with van der Waals surface area (Å²) in [6.07, 6.45) is -1.71. The maximum Gasteiger partial charge on any atom is 0.238 e.